The molecule has 61 heavy (non-hydrogen) atoms. The molecule has 1 aliphatic carbocycles. The molecule has 2 nitrogen and oxygen atoms in total. The number of benzene rings is 5. The van der Waals surface area contributed by atoms with Gasteiger partial charge in [-0.15, -0.1) is 22.7 Å². The van der Waals surface area contributed by atoms with Crippen molar-refractivity contribution in [1.29, 1.82) is 0 Å². The van der Waals surface area contributed by atoms with Gasteiger partial charge in [0.05, 0.1) is 22.5 Å². The van der Waals surface area contributed by atoms with Gasteiger partial charge in [0.15, 0.2) is 11.6 Å². The van der Waals surface area contributed by atoms with E-state index in [1.54, 1.807) is 0 Å². The van der Waals surface area contributed by atoms with Crippen molar-refractivity contribution < 1.29 is 8.78 Å². The number of fused-ring (bicyclic) bond motifs is 4. The summed E-state index contributed by atoms with van der Waals surface area (Å²) in [5, 5.41) is 0. The van der Waals surface area contributed by atoms with Gasteiger partial charge in [0.1, 0.15) is 11.0 Å². The molecule has 6 heteroatoms. The second-order valence-corrected chi connectivity index (χ2v) is 19.2. The number of rotatable bonds is 15. The third-order valence-electron chi connectivity index (χ3n) is 12.6. The van der Waals surface area contributed by atoms with Crippen LogP contribution in [0.4, 0.5) is 8.78 Å². The van der Waals surface area contributed by atoms with Gasteiger partial charge in [-0.1, -0.05) is 162 Å². The second kappa shape index (κ2) is 17.6. The van der Waals surface area contributed by atoms with Crippen LogP contribution < -0.4 is 0 Å². The Labute approximate surface area is 367 Å². The molecule has 0 aliphatic heterocycles. The first-order valence-electron chi connectivity index (χ1n) is 22.1. The van der Waals surface area contributed by atoms with Gasteiger partial charge in [0.2, 0.25) is 0 Å². The van der Waals surface area contributed by atoms with Gasteiger partial charge in [0, 0.05) is 36.1 Å². The van der Waals surface area contributed by atoms with Crippen LogP contribution in [-0.2, 0) is 5.41 Å². The molecule has 3 heterocycles. The fourth-order valence-corrected chi connectivity index (χ4v) is 11.5. The lowest BCUT2D eigenvalue weighted by Gasteiger charge is -2.33. The Morgan fingerprint density at radius 3 is 1.54 bits per heavy atom. The van der Waals surface area contributed by atoms with Crippen LogP contribution in [0.2, 0.25) is 0 Å². The van der Waals surface area contributed by atoms with E-state index in [1.165, 1.54) is 102 Å². The average molecular weight is 843 g/mol. The number of halogens is 2. The minimum atomic E-state index is -0.902. The molecule has 1 aliphatic rings. The van der Waals surface area contributed by atoms with Gasteiger partial charge >= 0.3 is 0 Å². The fraction of sp³-hybridized carbons (Fsp3) is 0.273. The smallest absolute Gasteiger partial charge is 0.170 e. The van der Waals surface area contributed by atoms with Gasteiger partial charge in [0.25, 0.3) is 0 Å². The second-order valence-electron chi connectivity index (χ2n) is 16.8. The van der Waals surface area contributed by atoms with Crippen LogP contribution in [0.3, 0.4) is 0 Å². The summed E-state index contributed by atoms with van der Waals surface area (Å²) in [5.74, 6) is -1.80. The highest BCUT2D eigenvalue weighted by Gasteiger charge is 2.42. The predicted octanol–water partition coefficient (Wildman–Crippen LogP) is 17.2. The van der Waals surface area contributed by atoms with E-state index in [0.29, 0.717) is 32.2 Å². The van der Waals surface area contributed by atoms with Crippen molar-refractivity contribution in [2.75, 3.05) is 0 Å². The quantitative estimate of drug-likeness (QED) is 0.0961. The Kier molecular flexibility index (Phi) is 11.8. The molecule has 3 aromatic heterocycles. The zero-order valence-corrected chi connectivity index (χ0v) is 37.2. The molecule has 0 unspecified atom stereocenters. The number of thiophene rings is 2. The molecule has 0 bridgehead atoms. The van der Waals surface area contributed by atoms with Gasteiger partial charge in [-0.25, -0.2) is 18.7 Å². The molecule has 0 fully saturated rings. The minimum absolute atomic E-state index is 0.0599. The van der Waals surface area contributed by atoms with Crippen molar-refractivity contribution in [3.63, 3.8) is 0 Å². The maximum Gasteiger partial charge on any atom is 0.170 e. The molecule has 0 saturated carbocycles. The molecule has 0 amide bonds. The molecule has 5 aromatic carbocycles. The Balaban J connectivity index is 1.22. The van der Waals surface area contributed by atoms with Crippen LogP contribution in [0.1, 0.15) is 99.6 Å². The molecule has 0 atom stereocenters. The van der Waals surface area contributed by atoms with Gasteiger partial charge in [-0.05, 0) is 84.8 Å². The lowest BCUT2D eigenvalue weighted by Crippen LogP contribution is -2.25. The number of hydrogen-bond donors (Lipinski definition) is 0. The van der Waals surface area contributed by atoms with Crippen molar-refractivity contribution in [3.05, 3.63) is 155 Å². The van der Waals surface area contributed by atoms with Crippen molar-refractivity contribution in [2.24, 2.45) is 0 Å². The number of aromatic nitrogens is 2. The summed E-state index contributed by atoms with van der Waals surface area (Å²) in [7, 11) is 0. The zero-order chi connectivity index (χ0) is 42.1. The normalized spacial score (nSPS) is 12.9. The molecular formula is C55H52F2N2S2. The van der Waals surface area contributed by atoms with Gasteiger partial charge in [-0.2, -0.15) is 0 Å². The van der Waals surface area contributed by atoms with E-state index in [2.05, 4.69) is 63.2 Å². The van der Waals surface area contributed by atoms with Crippen molar-refractivity contribution in [2.45, 2.75) is 97.3 Å². The van der Waals surface area contributed by atoms with Crippen LogP contribution >= 0.6 is 22.7 Å². The summed E-state index contributed by atoms with van der Waals surface area (Å²) in [6.45, 7) is 8.76. The Hall–Kier alpha value is -5.30. The maximum atomic E-state index is 17.1. The highest BCUT2D eigenvalue weighted by Crippen LogP contribution is 2.56. The molecule has 308 valence electrons. The summed E-state index contributed by atoms with van der Waals surface area (Å²) in [6.07, 6.45) is 12.0. The lowest BCUT2D eigenvalue weighted by atomic mass is 9.70. The average Bonchev–Trinajstić information content (AvgIpc) is 4.01. The molecule has 9 rings (SSSR count). The van der Waals surface area contributed by atoms with E-state index >= 15 is 8.78 Å². The summed E-state index contributed by atoms with van der Waals surface area (Å²) in [4.78, 5) is 13.8. The summed E-state index contributed by atoms with van der Waals surface area (Å²) in [6, 6.07) is 41.6. The molecule has 8 aromatic rings. The highest BCUT2D eigenvalue weighted by atomic mass is 32.1. The fourth-order valence-electron chi connectivity index (χ4n) is 9.59. The van der Waals surface area contributed by atoms with Crippen LogP contribution in [-0.4, -0.2) is 9.97 Å². The van der Waals surface area contributed by atoms with E-state index in [0.717, 1.165) is 39.3 Å². The first-order chi connectivity index (χ1) is 29.8. The Morgan fingerprint density at radius 1 is 0.492 bits per heavy atom. The third-order valence-corrected chi connectivity index (χ3v) is 14.8. The summed E-state index contributed by atoms with van der Waals surface area (Å²) < 4.78 is 34.0. The Bertz CT molecular complexity index is 2830. The molecular weight excluding hydrogens is 791 g/mol. The molecule has 0 radical (unpaired) electrons. The maximum absolute atomic E-state index is 17.1. The topological polar surface area (TPSA) is 25.8 Å². The van der Waals surface area contributed by atoms with E-state index in [1.807, 2.05) is 85.8 Å². The van der Waals surface area contributed by atoms with Crippen LogP contribution in [0.15, 0.2) is 121 Å². The standard InChI is InChI=1S/C55H52F2N2S2/c1-5-7-9-17-31-55(32-18-10-8-6-2)42-33-35(3)23-26-40(42)41-27-25-39(34-43(41)55)44-29-30-46(61-44)48-50(57)49(56)47(45-28-24-36(4)60-45)53-54(48)59-52(38-21-15-12-16-22-38)51(58-53)37-19-13-11-14-20-37/h11-16,19-30,33-34H,5-10,17-18,31-32H2,1-4H3. The SMILES string of the molecule is CCCCCCC1(CCCCCC)c2cc(C)ccc2-c2ccc(-c3ccc(-c4c(F)c(F)c(-c5ccc(C)s5)c5nc(-c6ccccc6)c(-c6ccccc6)nc45)s3)cc21. The number of nitrogens with zero attached hydrogens (tertiary/aromatic N) is 2. The van der Waals surface area contributed by atoms with Gasteiger partial charge < -0.3 is 0 Å². The Morgan fingerprint density at radius 2 is 1.00 bits per heavy atom. The zero-order valence-electron chi connectivity index (χ0n) is 35.6. The van der Waals surface area contributed by atoms with Crippen molar-refractivity contribution >= 4 is 33.7 Å². The van der Waals surface area contributed by atoms with Crippen LogP contribution in [0.25, 0.3) is 76.0 Å². The number of aryl methyl sites for hydroxylation is 2. The molecule has 0 spiro atoms. The van der Waals surface area contributed by atoms with Crippen molar-refractivity contribution in [1.82, 2.24) is 9.97 Å². The number of unbranched alkanes of at least 4 members (excludes halogenated alkanes) is 6. The predicted molar refractivity (Wildman–Crippen MR) is 256 cm³/mol. The van der Waals surface area contributed by atoms with E-state index in [4.69, 9.17) is 9.97 Å². The first-order valence-corrected chi connectivity index (χ1v) is 23.7. The third kappa shape index (κ3) is 7.67. The minimum Gasteiger partial charge on any atom is -0.243 e. The highest BCUT2D eigenvalue weighted by molar-refractivity contribution is 7.19. The summed E-state index contributed by atoms with van der Waals surface area (Å²) >= 11 is 2.93. The number of hydrogen-bond acceptors (Lipinski definition) is 4. The van der Waals surface area contributed by atoms with E-state index in [9.17, 15) is 0 Å². The first kappa shape index (κ1) is 41.1. The van der Waals surface area contributed by atoms with Gasteiger partial charge in [-0.3, -0.25) is 0 Å². The lowest BCUT2D eigenvalue weighted by molar-refractivity contribution is 0.401. The largest absolute Gasteiger partial charge is 0.243 e. The molecule has 0 N–H and O–H groups in total. The molecule has 0 saturated heterocycles. The van der Waals surface area contributed by atoms with Crippen LogP contribution in [0.5, 0.6) is 0 Å². The monoisotopic (exact) mass is 842 g/mol. The van der Waals surface area contributed by atoms with E-state index in [-0.39, 0.29) is 16.5 Å². The van der Waals surface area contributed by atoms with Crippen molar-refractivity contribution in [3.8, 4) is 65.0 Å². The van der Waals surface area contributed by atoms with Crippen LogP contribution in [0, 0.1) is 25.5 Å². The van der Waals surface area contributed by atoms with E-state index < -0.39 is 11.6 Å². The summed E-state index contributed by atoms with van der Waals surface area (Å²) in [5.41, 5.74) is 11.9.